The normalized spacial score (nSPS) is 13.7. The Labute approximate surface area is 359 Å². The number of hydrogen-bond donors (Lipinski definition) is 3. The number of esters is 1. The van der Waals surface area contributed by atoms with Crippen LogP contribution in [0.5, 0.6) is 0 Å². The summed E-state index contributed by atoms with van der Waals surface area (Å²) in [7, 11) is 0. The van der Waals surface area contributed by atoms with Gasteiger partial charge in [0.2, 0.25) is 5.91 Å². The number of aliphatic hydroxyl groups excluding tert-OH is 2. The summed E-state index contributed by atoms with van der Waals surface area (Å²) in [6.45, 7) is 6.42. The molecule has 0 aromatic carbocycles. The molecule has 6 nitrogen and oxygen atoms in total. The molecule has 0 aromatic heterocycles. The topological polar surface area (TPSA) is 95.9 Å². The highest BCUT2D eigenvalue weighted by Crippen LogP contribution is 2.18. The van der Waals surface area contributed by atoms with Crippen molar-refractivity contribution in [1.29, 1.82) is 0 Å². The smallest absolute Gasteiger partial charge is 0.306 e. The fraction of sp³-hybridized carbons (Fsp3) is 0.808. The van der Waals surface area contributed by atoms with E-state index in [-0.39, 0.29) is 24.9 Å². The van der Waals surface area contributed by atoms with Gasteiger partial charge in [0, 0.05) is 6.42 Å². The van der Waals surface area contributed by atoms with E-state index >= 15 is 0 Å². The standard InChI is InChI=1S/C52H95NO5/c1-4-7-10-13-16-19-21-23-24-25-26-27-28-30-33-36-39-42-45-52(57)58-48(43-40-37-34-31-18-15-12-9-6-3)46-51(56)53-49(47-54)50(55)44-41-38-35-32-29-22-20-17-14-11-8-5-2/h16,19,21,23-27,48-50,54-55H,4-15,17-18,20,22,28-47H2,1-3H3,(H,53,56)/b19-16+,23-21+,25-24+,27-26+. The Morgan fingerprint density at radius 1 is 0.500 bits per heavy atom. The molecule has 0 fully saturated rings. The molecule has 0 saturated carbocycles. The van der Waals surface area contributed by atoms with Gasteiger partial charge in [-0.25, -0.2) is 0 Å². The van der Waals surface area contributed by atoms with Gasteiger partial charge in [-0.05, 0) is 51.4 Å². The summed E-state index contributed by atoms with van der Waals surface area (Å²) >= 11 is 0. The summed E-state index contributed by atoms with van der Waals surface area (Å²) in [6.07, 6.45) is 54.5. The molecule has 0 aliphatic heterocycles. The van der Waals surface area contributed by atoms with Crippen molar-refractivity contribution in [3.63, 3.8) is 0 Å². The van der Waals surface area contributed by atoms with Crippen molar-refractivity contribution in [1.82, 2.24) is 5.32 Å². The maximum atomic E-state index is 13.1. The number of ether oxygens (including phenoxy) is 1. The van der Waals surface area contributed by atoms with E-state index in [0.29, 0.717) is 19.3 Å². The lowest BCUT2D eigenvalue weighted by Crippen LogP contribution is -2.46. The van der Waals surface area contributed by atoms with Crippen LogP contribution in [0, 0.1) is 0 Å². The zero-order chi connectivity index (χ0) is 42.4. The van der Waals surface area contributed by atoms with Crippen LogP contribution in [0.1, 0.15) is 245 Å². The molecule has 58 heavy (non-hydrogen) atoms. The third-order valence-corrected chi connectivity index (χ3v) is 11.3. The molecule has 6 heteroatoms. The van der Waals surface area contributed by atoms with Crippen LogP contribution in [0.25, 0.3) is 0 Å². The van der Waals surface area contributed by atoms with Crippen LogP contribution in [0.15, 0.2) is 48.6 Å². The van der Waals surface area contributed by atoms with Gasteiger partial charge in [-0.3, -0.25) is 9.59 Å². The quantitative estimate of drug-likeness (QED) is 0.0323. The number of nitrogens with one attached hydrogen (secondary N) is 1. The van der Waals surface area contributed by atoms with Crippen molar-refractivity contribution < 1.29 is 24.5 Å². The van der Waals surface area contributed by atoms with Crippen molar-refractivity contribution in [3.05, 3.63) is 48.6 Å². The summed E-state index contributed by atoms with van der Waals surface area (Å²) in [6, 6.07) is -0.703. The first-order chi connectivity index (χ1) is 28.5. The summed E-state index contributed by atoms with van der Waals surface area (Å²) in [5.74, 6) is -0.497. The molecule has 3 N–H and O–H groups in total. The third kappa shape index (κ3) is 40.6. The van der Waals surface area contributed by atoms with Crippen LogP contribution in [0.4, 0.5) is 0 Å². The van der Waals surface area contributed by atoms with Gasteiger partial charge in [0.1, 0.15) is 6.10 Å². The van der Waals surface area contributed by atoms with Crippen LogP contribution >= 0.6 is 0 Å². The Hall–Kier alpha value is -2.18. The molecular formula is C52H95NO5. The van der Waals surface area contributed by atoms with Crippen LogP contribution in [-0.2, 0) is 14.3 Å². The highest BCUT2D eigenvalue weighted by Gasteiger charge is 2.24. The molecule has 0 rings (SSSR count). The monoisotopic (exact) mass is 814 g/mol. The van der Waals surface area contributed by atoms with Gasteiger partial charge in [-0.2, -0.15) is 0 Å². The lowest BCUT2D eigenvalue weighted by molar-refractivity contribution is -0.151. The van der Waals surface area contributed by atoms with Crippen LogP contribution < -0.4 is 5.32 Å². The lowest BCUT2D eigenvalue weighted by atomic mass is 10.0. The second-order valence-corrected chi connectivity index (χ2v) is 17.0. The first kappa shape index (κ1) is 55.8. The maximum Gasteiger partial charge on any atom is 0.306 e. The summed E-state index contributed by atoms with van der Waals surface area (Å²) < 4.78 is 5.90. The van der Waals surface area contributed by atoms with Gasteiger partial charge in [0.05, 0.1) is 25.2 Å². The number of carbonyl (C=O) groups is 2. The predicted molar refractivity (Wildman–Crippen MR) is 250 cm³/mol. The summed E-state index contributed by atoms with van der Waals surface area (Å²) in [5.41, 5.74) is 0. The SMILES string of the molecule is CCCCC/C=C/C=C/C=C/C=C/CCCCCCCC(=O)OC(CCCCCCCCCCC)CC(=O)NC(CO)C(O)CCCCCCCCCCCCCC. The van der Waals surface area contributed by atoms with Crippen LogP contribution in [0.2, 0.25) is 0 Å². The van der Waals surface area contributed by atoms with Crippen molar-refractivity contribution in [2.45, 2.75) is 264 Å². The molecule has 0 aliphatic carbocycles. The first-order valence-corrected chi connectivity index (χ1v) is 24.9. The number of hydrogen-bond acceptors (Lipinski definition) is 5. The summed E-state index contributed by atoms with van der Waals surface area (Å²) in [4.78, 5) is 26.0. The molecule has 0 spiro atoms. The molecule has 0 aliphatic rings. The number of amides is 1. The Bertz CT molecular complexity index is 1000. The second kappa shape index (κ2) is 45.9. The average molecular weight is 814 g/mol. The van der Waals surface area contributed by atoms with Crippen molar-refractivity contribution in [2.24, 2.45) is 0 Å². The van der Waals surface area contributed by atoms with E-state index in [2.05, 4.69) is 74.7 Å². The van der Waals surface area contributed by atoms with Crippen molar-refractivity contribution >= 4 is 11.9 Å². The van der Waals surface area contributed by atoms with Gasteiger partial charge in [-0.15, -0.1) is 0 Å². The molecule has 0 bridgehead atoms. The zero-order valence-corrected chi connectivity index (χ0v) is 38.4. The molecule has 3 unspecified atom stereocenters. The van der Waals surface area contributed by atoms with Gasteiger partial charge in [-0.1, -0.05) is 230 Å². The van der Waals surface area contributed by atoms with Gasteiger partial charge < -0.3 is 20.3 Å². The van der Waals surface area contributed by atoms with Crippen LogP contribution in [0.3, 0.4) is 0 Å². The molecular weight excluding hydrogens is 719 g/mol. The molecule has 0 saturated heterocycles. The Balaban J connectivity index is 4.52. The summed E-state index contributed by atoms with van der Waals surface area (Å²) in [5, 5.41) is 23.7. The molecule has 0 radical (unpaired) electrons. The van der Waals surface area contributed by atoms with Crippen LogP contribution in [-0.4, -0.2) is 46.9 Å². The fourth-order valence-corrected chi connectivity index (χ4v) is 7.44. The highest BCUT2D eigenvalue weighted by molar-refractivity contribution is 5.77. The molecule has 338 valence electrons. The van der Waals surface area contributed by atoms with E-state index in [4.69, 9.17) is 4.74 Å². The van der Waals surface area contributed by atoms with E-state index < -0.39 is 18.2 Å². The zero-order valence-electron chi connectivity index (χ0n) is 38.4. The molecule has 1 amide bonds. The Morgan fingerprint density at radius 3 is 1.36 bits per heavy atom. The van der Waals surface area contributed by atoms with E-state index in [1.165, 1.54) is 116 Å². The fourth-order valence-electron chi connectivity index (χ4n) is 7.44. The predicted octanol–water partition coefficient (Wildman–Crippen LogP) is 14.7. The third-order valence-electron chi connectivity index (χ3n) is 11.3. The minimum absolute atomic E-state index is 0.0692. The molecule has 0 aromatic rings. The Morgan fingerprint density at radius 2 is 0.879 bits per heavy atom. The van der Waals surface area contributed by atoms with Gasteiger partial charge >= 0.3 is 5.97 Å². The van der Waals surface area contributed by atoms with E-state index in [9.17, 15) is 19.8 Å². The van der Waals surface area contributed by atoms with Gasteiger partial charge in [0.15, 0.2) is 0 Å². The van der Waals surface area contributed by atoms with E-state index in [1.54, 1.807) is 0 Å². The minimum Gasteiger partial charge on any atom is -0.462 e. The van der Waals surface area contributed by atoms with Crippen molar-refractivity contribution in [2.75, 3.05) is 6.61 Å². The maximum absolute atomic E-state index is 13.1. The second-order valence-electron chi connectivity index (χ2n) is 17.0. The number of unbranched alkanes of at least 4 members (excludes halogenated alkanes) is 27. The largest absolute Gasteiger partial charge is 0.462 e. The minimum atomic E-state index is -0.789. The van der Waals surface area contributed by atoms with E-state index in [1.807, 2.05) is 0 Å². The van der Waals surface area contributed by atoms with Gasteiger partial charge in [0.25, 0.3) is 0 Å². The number of aliphatic hydroxyl groups is 2. The first-order valence-electron chi connectivity index (χ1n) is 24.9. The number of allylic oxidation sites excluding steroid dienone is 8. The number of carbonyl (C=O) groups excluding carboxylic acids is 2. The average Bonchev–Trinajstić information content (AvgIpc) is 3.22. The number of rotatable bonds is 44. The Kier molecular flexibility index (Phi) is 44.2. The van der Waals surface area contributed by atoms with E-state index in [0.717, 1.165) is 83.5 Å². The highest BCUT2D eigenvalue weighted by atomic mass is 16.5. The molecule has 0 heterocycles. The molecule has 3 atom stereocenters. The lowest BCUT2D eigenvalue weighted by Gasteiger charge is -2.24. The van der Waals surface area contributed by atoms with Crippen molar-refractivity contribution in [3.8, 4) is 0 Å².